The molecule has 7 heteroatoms. The first kappa shape index (κ1) is 17.4. The number of methoxy groups -OCH3 is 1. The van der Waals surface area contributed by atoms with Crippen LogP contribution in [0.4, 0.5) is 5.13 Å². The second-order valence-electron chi connectivity index (χ2n) is 5.93. The summed E-state index contributed by atoms with van der Waals surface area (Å²) in [4.78, 5) is 16.9. The average Bonchev–Trinajstić information content (AvgIpc) is 3.16. The summed E-state index contributed by atoms with van der Waals surface area (Å²) < 4.78 is 16.4. The van der Waals surface area contributed by atoms with Crippen molar-refractivity contribution >= 4 is 22.4 Å². The zero-order valence-electron chi connectivity index (χ0n) is 14.7. The van der Waals surface area contributed by atoms with E-state index in [1.807, 2.05) is 47.8 Å². The number of hydrogen-bond acceptors (Lipinski definition) is 6. The van der Waals surface area contributed by atoms with E-state index in [0.29, 0.717) is 29.8 Å². The Balaban J connectivity index is 1.46. The number of carbonyl (C=O) groups is 1. The van der Waals surface area contributed by atoms with Crippen molar-refractivity contribution in [3.8, 4) is 28.5 Å². The second kappa shape index (κ2) is 7.67. The maximum Gasteiger partial charge on any atom is 0.230 e. The van der Waals surface area contributed by atoms with E-state index >= 15 is 0 Å². The summed E-state index contributed by atoms with van der Waals surface area (Å²) in [6, 6.07) is 13.2. The van der Waals surface area contributed by atoms with Gasteiger partial charge in [0.2, 0.25) is 5.91 Å². The molecule has 0 unspecified atom stereocenters. The Morgan fingerprint density at radius 1 is 1.19 bits per heavy atom. The molecule has 0 saturated carbocycles. The van der Waals surface area contributed by atoms with Crippen LogP contribution in [0.3, 0.4) is 0 Å². The maximum atomic E-state index is 12.4. The van der Waals surface area contributed by atoms with Crippen molar-refractivity contribution in [2.45, 2.75) is 6.42 Å². The summed E-state index contributed by atoms with van der Waals surface area (Å²) in [5, 5.41) is 5.31. The largest absolute Gasteiger partial charge is 0.496 e. The highest BCUT2D eigenvalue weighted by molar-refractivity contribution is 7.14. The molecule has 1 amide bonds. The van der Waals surface area contributed by atoms with Crippen LogP contribution in [0, 0.1) is 0 Å². The molecule has 1 aromatic heterocycles. The summed E-state index contributed by atoms with van der Waals surface area (Å²) in [6.07, 6.45) is 0.225. The first-order valence-electron chi connectivity index (χ1n) is 8.50. The molecule has 4 rings (SSSR count). The summed E-state index contributed by atoms with van der Waals surface area (Å²) in [5.74, 6) is 2.02. The standard InChI is InChI=1S/C20H18N2O4S/c1-24-16-5-3-2-4-14(16)11-19(23)22-20-21-15(12-27-20)13-6-7-17-18(10-13)26-9-8-25-17/h2-7,10,12H,8-9,11H2,1H3,(H,21,22,23). The Kier molecular flexibility index (Phi) is 4.93. The van der Waals surface area contributed by atoms with Crippen molar-refractivity contribution in [3.05, 3.63) is 53.4 Å². The van der Waals surface area contributed by atoms with Gasteiger partial charge in [0.05, 0.1) is 19.2 Å². The Labute approximate surface area is 160 Å². The quantitative estimate of drug-likeness (QED) is 0.727. The van der Waals surface area contributed by atoms with Crippen molar-refractivity contribution in [1.82, 2.24) is 4.98 Å². The smallest absolute Gasteiger partial charge is 0.230 e. The van der Waals surface area contributed by atoms with Gasteiger partial charge < -0.3 is 19.5 Å². The number of rotatable bonds is 5. The van der Waals surface area contributed by atoms with Crippen LogP contribution in [-0.2, 0) is 11.2 Å². The molecule has 2 aromatic carbocycles. The summed E-state index contributed by atoms with van der Waals surface area (Å²) in [7, 11) is 1.59. The third kappa shape index (κ3) is 3.88. The minimum absolute atomic E-state index is 0.137. The monoisotopic (exact) mass is 382 g/mol. The van der Waals surface area contributed by atoms with E-state index in [1.54, 1.807) is 7.11 Å². The van der Waals surface area contributed by atoms with Crippen LogP contribution < -0.4 is 19.5 Å². The van der Waals surface area contributed by atoms with E-state index in [4.69, 9.17) is 14.2 Å². The third-order valence-corrected chi connectivity index (χ3v) is 4.89. The van der Waals surface area contributed by atoms with Crippen LogP contribution in [0.5, 0.6) is 17.2 Å². The summed E-state index contributed by atoms with van der Waals surface area (Å²) in [6.45, 7) is 1.10. The van der Waals surface area contributed by atoms with Gasteiger partial charge in [0.25, 0.3) is 0 Å². The van der Waals surface area contributed by atoms with Crippen LogP contribution in [0.15, 0.2) is 47.8 Å². The first-order valence-corrected chi connectivity index (χ1v) is 9.38. The molecular formula is C20H18N2O4S. The molecule has 6 nitrogen and oxygen atoms in total. The fraction of sp³-hybridized carbons (Fsp3) is 0.200. The fourth-order valence-electron chi connectivity index (χ4n) is 2.85. The number of thiazole rings is 1. The Morgan fingerprint density at radius 2 is 2.00 bits per heavy atom. The van der Waals surface area contributed by atoms with Gasteiger partial charge >= 0.3 is 0 Å². The van der Waals surface area contributed by atoms with Crippen LogP contribution in [0.2, 0.25) is 0 Å². The average molecular weight is 382 g/mol. The number of carbonyl (C=O) groups excluding carboxylic acids is 1. The fourth-order valence-corrected chi connectivity index (χ4v) is 3.59. The van der Waals surface area contributed by atoms with E-state index in [1.165, 1.54) is 11.3 Å². The third-order valence-electron chi connectivity index (χ3n) is 4.13. The lowest BCUT2D eigenvalue weighted by molar-refractivity contribution is -0.115. The number of para-hydroxylation sites is 1. The molecule has 0 fully saturated rings. The normalized spacial score (nSPS) is 12.5. The molecule has 0 spiro atoms. The topological polar surface area (TPSA) is 69.7 Å². The lowest BCUT2D eigenvalue weighted by Crippen LogP contribution is -2.15. The molecule has 1 aliphatic rings. The highest BCUT2D eigenvalue weighted by Crippen LogP contribution is 2.35. The van der Waals surface area contributed by atoms with Crippen LogP contribution in [0.25, 0.3) is 11.3 Å². The van der Waals surface area contributed by atoms with E-state index in [2.05, 4.69) is 10.3 Å². The van der Waals surface area contributed by atoms with Gasteiger partial charge in [-0.15, -0.1) is 11.3 Å². The van der Waals surface area contributed by atoms with Gasteiger partial charge in [0, 0.05) is 16.5 Å². The van der Waals surface area contributed by atoms with E-state index < -0.39 is 0 Å². The SMILES string of the molecule is COc1ccccc1CC(=O)Nc1nc(-c2ccc3c(c2)OCCO3)cs1. The van der Waals surface area contributed by atoms with Crippen LogP contribution in [0.1, 0.15) is 5.56 Å². The van der Waals surface area contributed by atoms with Crippen molar-refractivity contribution < 1.29 is 19.0 Å². The van der Waals surface area contributed by atoms with Gasteiger partial charge in [-0.2, -0.15) is 0 Å². The predicted octanol–water partition coefficient (Wildman–Crippen LogP) is 3.77. The molecule has 138 valence electrons. The van der Waals surface area contributed by atoms with Crippen molar-refractivity contribution in [1.29, 1.82) is 0 Å². The molecule has 1 N–H and O–H groups in total. The molecule has 0 aliphatic carbocycles. The zero-order valence-corrected chi connectivity index (χ0v) is 15.5. The number of nitrogens with zero attached hydrogens (tertiary/aromatic N) is 1. The van der Waals surface area contributed by atoms with Crippen molar-refractivity contribution in [2.75, 3.05) is 25.6 Å². The number of amides is 1. The highest BCUT2D eigenvalue weighted by Gasteiger charge is 2.15. The molecule has 2 heterocycles. The van der Waals surface area contributed by atoms with E-state index in [0.717, 1.165) is 22.6 Å². The highest BCUT2D eigenvalue weighted by atomic mass is 32.1. The lowest BCUT2D eigenvalue weighted by atomic mass is 10.1. The minimum Gasteiger partial charge on any atom is -0.496 e. The van der Waals surface area contributed by atoms with Crippen molar-refractivity contribution in [2.24, 2.45) is 0 Å². The predicted molar refractivity (Wildman–Crippen MR) is 104 cm³/mol. The number of fused-ring (bicyclic) bond motifs is 1. The van der Waals surface area contributed by atoms with E-state index in [-0.39, 0.29) is 12.3 Å². The molecule has 0 saturated heterocycles. The zero-order chi connectivity index (χ0) is 18.6. The maximum absolute atomic E-state index is 12.4. The van der Waals surface area contributed by atoms with Crippen LogP contribution >= 0.6 is 11.3 Å². The van der Waals surface area contributed by atoms with Gasteiger partial charge in [-0.05, 0) is 24.3 Å². The van der Waals surface area contributed by atoms with Crippen molar-refractivity contribution in [3.63, 3.8) is 0 Å². The number of benzene rings is 2. The lowest BCUT2D eigenvalue weighted by Gasteiger charge is -2.18. The number of hydrogen-bond donors (Lipinski definition) is 1. The summed E-state index contributed by atoms with van der Waals surface area (Å²) in [5.41, 5.74) is 2.53. The number of aromatic nitrogens is 1. The molecular weight excluding hydrogens is 364 g/mol. The van der Waals surface area contributed by atoms with Crippen LogP contribution in [-0.4, -0.2) is 31.2 Å². The molecule has 0 radical (unpaired) electrons. The van der Waals surface area contributed by atoms with Gasteiger partial charge in [0.1, 0.15) is 19.0 Å². The molecule has 3 aromatic rings. The Hall–Kier alpha value is -3.06. The summed E-state index contributed by atoms with van der Waals surface area (Å²) >= 11 is 1.38. The van der Waals surface area contributed by atoms with Gasteiger partial charge in [-0.1, -0.05) is 18.2 Å². The number of anilines is 1. The first-order chi connectivity index (χ1) is 13.2. The van der Waals surface area contributed by atoms with E-state index in [9.17, 15) is 4.79 Å². The molecule has 27 heavy (non-hydrogen) atoms. The van der Waals surface area contributed by atoms with Gasteiger partial charge in [-0.25, -0.2) is 4.98 Å². The Bertz CT molecular complexity index is 970. The minimum atomic E-state index is -0.137. The molecule has 0 bridgehead atoms. The van der Waals surface area contributed by atoms with Gasteiger partial charge in [0.15, 0.2) is 16.6 Å². The second-order valence-corrected chi connectivity index (χ2v) is 6.79. The number of ether oxygens (including phenoxy) is 3. The molecule has 1 aliphatic heterocycles. The number of nitrogens with one attached hydrogen (secondary N) is 1. The Morgan fingerprint density at radius 3 is 2.85 bits per heavy atom. The van der Waals surface area contributed by atoms with Gasteiger partial charge in [-0.3, -0.25) is 4.79 Å². The molecule has 0 atom stereocenters.